The van der Waals surface area contributed by atoms with Gasteiger partial charge in [-0.25, -0.2) is 0 Å². The molecule has 5 fully saturated rings. The van der Waals surface area contributed by atoms with E-state index < -0.39 is 127 Å². The fraction of sp³-hybridized carbons (Fsp3) is 0.547. The number of hydroxylamine groups is 2. The Bertz CT molecular complexity index is 2440. The van der Waals surface area contributed by atoms with Crippen LogP contribution in [-0.4, -0.2) is 171 Å². The van der Waals surface area contributed by atoms with Crippen LogP contribution in [-0.2, 0) is 78.2 Å². The van der Waals surface area contributed by atoms with Gasteiger partial charge in [-0.3, -0.25) is 24.0 Å². The zero-order valence-corrected chi connectivity index (χ0v) is 40.8. The van der Waals surface area contributed by atoms with Crippen LogP contribution in [0.5, 0.6) is 0 Å². The highest BCUT2D eigenvalue weighted by Crippen LogP contribution is 2.59. The Morgan fingerprint density at radius 2 is 1.58 bits per heavy atom. The lowest BCUT2D eigenvalue weighted by Gasteiger charge is -2.50. The van der Waals surface area contributed by atoms with Crippen LogP contribution in [0.2, 0.25) is 0 Å². The molecule has 19 nitrogen and oxygen atoms in total. The van der Waals surface area contributed by atoms with Gasteiger partial charge in [0, 0.05) is 39.2 Å². The Kier molecular flexibility index (Phi) is 15.1. The number of likely N-dealkylation sites (N-methyl/N-ethyl adjacent to an activating group) is 1. The van der Waals surface area contributed by atoms with Crippen molar-refractivity contribution in [2.24, 2.45) is 5.41 Å². The maximum atomic E-state index is 15.9. The molecule has 0 radical (unpaired) electrons. The molecule has 19 heteroatoms. The van der Waals surface area contributed by atoms with Gasteiger partial charge in [0.05, 0.1) is 32.4 Å². The van der Waals surface area contributed by atoms with Crippen LogP contribution in [0.3, 0.4) is 0 Å². The van der Waals surface area contributed by atoms with Crippen molar-refractivity contribution in [3.8, 4) is 0 Å². The van der Waals surface area contributed by atoms with Gasteiger partial charge in [-0.05, 0) is 55.0 Å². The molecule has 2 bridgehead atoms. The molecule has 1 saturated carbocycles. The van der Waals surface area contributed by atoms with Gasteiger partial charge >= 0.3 is 11.9 Å². The maximum Gasteiger partial charge on any atom is 0.327 e. The van der Waals surface area contributed by atoms with Crippen LogP contribution in [0.4, 0.5) is 0 Å². The highest BCUT2D eigenvalue weighted by molar-refractivity contribution is 5.96. The van der Waals surface area contributed by atoms with Crippen molar-refractivity contribution < 1.29 is 78.0 Å². The molecule has 3 aromatic carbocycles. The monoisotopic (exact) mass is 999 g/mol. The van der Waals surface area contributed by atoms with E-state index in [1.807, 2.05) is 78.9 Å². The molecule has 6 aliphatic rings. The Hall–Kier alpha value is -5.16. The van der Waals surface area contributed by atoms with Gasteiger partial charge < -0.3 is 64.2 Å². The van der Waals surface area contributed by atoms with Crippen molar-refractivity contribution in [3.05, 3.63) is 113 Å². The van der Waals surface area contributed by atoms with E-state index in [0.29, 0.717) is 12.8 Å². The fourth-order valence-electron chi connectivity index (χ4n) is 11.1. The summed E-state index contributed by atoms with van der Waals surface area (Å²) in [5, 5.41) is 54.8. The molecule has 4 aliphatic heterocycles. The number of aliphatic hydroxyl groups excluding tert-OH is 5. The molecule has 13 unspecified atom stereocenters. The number of hydrogen-bond donors (Lipinski definition) is 6. The molecule has 4 saturated heterocycles. The topological polar surface area (TPSA) is 253 Å². The van der Waals surface area contributed by atoms with Gasteiger partial charge in [-0.1, -0.05) is 91.0 Å². The summed E-state index contributed by atoms with van der Waals surface area (Å²) in [4.78, 5) is 65.9. The van der Waals surface area contributed by atoms with Gasteiger partial charge in [0.1, 0.15) is 65.9 Å². The first kappa shape index (κ1) is 51.7. The number of benzene rings is 3. The van der Waals surface area contributed by atoms with Crippen molar-refractivity contribution in [3.63, 3.8) is 0 Å². The standard InChI is InChI=1S/C53H65N3O16/c1-51(2,3)69-39(59)21-20-35(28-57)54-47(63)36(23-31-11-6-5-7-12-31)55(4)50(65)53-26-37-43-44(71-52(70-43)24-33-14-8-9-15-34(33)25-52)46(53)72-56(45(53)48(64)67-37)27-32-18-16-30(17-19-32)13-10-22-66-49-42(62)41(61)40(60)38(29-58)68-49/h5-19,35-38,40-46,49,57-58,60-62H,20-29H2,1-4H3,(H,54,63). The number of carbonyl (C=O) groups is 4. The number of hydrogen-bond acceptors (Lipinski definition) is 17. The summed E-state index contributed by atoms with van der Waals surface area (Å²) in [6.45, 7) is 4.22. The molecule has 388 valence electrons. The highest BCUT2D eigenvalue weighted by atomic mass is 16.8. The van der Waals surface area contributed by atoms with Crippen molar-refractivity contribution >= 4 is 29.8 Å². The third-order valence-electron chi connectivity index (χ3n) is 14.6. The molecule has 3 aromatic rings. The Morgan fingerprint density at radius 1 is 0.903 bits per heavy atom. The second kappa shape index (κ2) is 21.0. The van der Waals surface area contributed by atoms with Gasteiger partial charge in [-0.2, -0.15) is 5.06 Å². The fourth-order valence-corrected chi connectivity index (χ4v) is 11.1. The molecule has 9 rings (SSSR count). The molecule has 6 N–H and O–H groups in total. The summed E-state index contributed by atoms with van der Waals surface area (Å²) >= 11 is 0. The average molecular weight is 1000 g/mol. The molecular weight excluding hydrogens is 935 g/mol. The van der Waals surface area contributed by atoms with Crippen LogP contribution in [0.1, 0.15) is 67.9 Å². The van der Waals surface area contributed by atoms with Crippen LogP contribution in [0.25, 0.3) is 6.08 Å². The van der Waals surface area contributed by atoms with Crippen LogP contribution in [0, 0.1) is 5.41 Å². The normalized spacial score (nSPS) is 31.2. The number of rotatable bonds is 17. The summed E-state index contributed by atoms with van der Waals surface area (Å²) in [6.07, 6.45) is -6.11. The largest absolute Gasteiger partial charge is 0.460 e. The molecule has 13 atom stereocenters. The summed E-state index contributed by atoms with van der Waals surface area (Å²) < 4.78 is 36.5. The number of nitrogens with one attached hydrogen (secondary N) is 1. The summed E-state index contributed by atoms with van der Waals surface area (Å²) in [5.74, 6) is -3.36. The van der Waals surface area contributed by atoms with Crippen molar-refractivity contribution in [2.45, 2.75) is 150 Å². The zero-order chi connectivity index (χ0) is 51.1. The Balaban J connectivity index is 0.976. The number of nitrogens with zero attached hydrogens (tertiary/aromatic N) is 2. The lowest BCUT2D eigenvalue weighted by Crippen LogP contribution is -2.70. The van der Waals surface area contributed by atoms with Crippen molar-refractivity contribution in [1.82, 2.24) is 15.3 Å². The molecular formula is C53H65N3O16. The maximum absolute atomic E-state index is 15.9. The molecule has 2 amide bonds. The van der Waals surface area contributed by atoms with E-state index in [-0.39, 0.29) is 38.8 Å². The first-order valence-corrected chi connectivity index (χ1v) is 24.6. The van der Waals surface area contributed by atoms with Crippen molar-refractivity contribution in [2.75, 3.05) is 26.9 Å². The Morgan fingerprint density at radius 3 is 2.25 bits per heavy atom. The van der Waals surface area contributed by atoms with Gasteiger partial charge in [0.2, 0.25) is 11.8 Å². The minimum absolute atomic E-state index is 0.0189. The van der Waals surface area contributed by atoms with E-state index in [4.69, 9.17) is 33.3 Å². The lowest BCUT2D eigenvalue weighted by atomic mass is 9.62. The first-order chi connectivity index (χ1) is 34.4. The van der Waals surface area contributed by atoms with E-state index in [2.05, 4.69) is 5.32 Å². The predicted molar refractivity (Wildman–Crippen MR) is 253 cm³/mol. The first-order valence-electron chi connectivity index (χ1n) is 24.6. The quantitative estimate of drug-likeness (QED) is 0.104. The van der Waals surface area contributed by atoms with Crippen LogP contribution < -0.4 is 5.32 Å². The number of aliphatic hydroxyl groups is 5. The molecule has 1 spiro atoms. The zero-order valence-electron chi connectivity index (χ0n) is 40.8. The minimum atomic E-state index is -1.62. The molecule has 72 heavy (non-hydrogen) atoms. The molecule has 4 heterocycles. The molecule has 2 aliphatic carbocycles. The minimum Gasteiger partial charge on any atom is -0.460 e. The third-order valence-corrected chi connectivity index (χ3v) is 14.6. The van der Waals surface area contributed by atoms with E-state index in [1.54, 1.807) is 32.9 Å². The smallest absolute Gasteiger partial charge is 0.327 e. The van der Waals surface area contributed by atoms with E-state index in [9.17, 15) is 39.9 Å². The SMILES string of the molecule is CN(C(=O)C12CC3OC(=O)C1N(Cc1ccc(C=CCOC4OC(CO)C(O)C(O)C4O)cc1)OC2C1OC2(Cc4ccccc4C2)OC31)C(Cc1ccccc1)C(=O)NC(CO)CCC(=O)OC(C)(C)C. The van der Waals surface area contributed by atoms with Gasteiger partial charge in [-0.15, -0.1) is 0 Å². The number of carbonyl (C=O) groups excluding carboxylic acids is 4. The van der Waals surface area contributed by atoms with Crippen molar-refractivity contribution in [1.29, 1.82) is 0 Å². The van der Waals surface area contributed by atoms with Crippen LogP contribution >= 0.6 is 0 Å². The Labute approximate surface area is 417 Å². The second-order valence-corrected chi connectivity index (χ2v) is 20.7. The highest BCUT2D eigenvalue weighted by Gasteiger charge is 2.77. The van der Waals surface area contributed by atoms with E-state index in [1.165, 1.54) is 17.0 Å². The van der Waals surface area contributed by atoms with E-state index >= 15 is 4.79 Å². The lowest BCUT2D eigenvalue weighted by molar-refractivity contribution is -0.298. The summed E-state index contributed by atoms with van der Waals surface area (Å²) in [7, 11) is 1.53. The predicted octanol–water partition coefficient (Wildman–Crippen LogP) is 1.26. The summed E-state index contributed by atoms with van der Waals surface area (Å²) in [6, 6.07) is 21.2. The van der Waals surface area contributed by atoms with Gasteiger partial charge in [0.15, 0.2) is 18.1 Å². The van der Waals surface area contributed by atoms with Gasteiger partial charge in [0.25, 0.3) is 0 Å². The summed E-state index contributed by atoms with van der Waals surface area (Å²) in [5.41, 5.74) is 2.03. The van der Waals surface area contributed by atoms with E-state index in [0.717, 1.165) is 27.8 Å². The molecule has 0 aromatic heterocycles. The number of amides is 2. The number of esters is 2. The number of fused-ring (bicyclic) bond motifs is 5. The number of ether oxygens (including phenoxy) is 6. The third kappa shape index (κ3) is 10.3. The van der Waals surface area contributed by atoms with Crippen LogP contribution in [0.15, 0.2) is 84.9 Å². The second-order valence-electron chi connectivity index (χ2n) is 20.7. The average Bonchev–Trinajstić information content (AvgIpc) is 4.04.